The van der Waals surface area contributed by atoms with Gasteiger partial charge < -0.3 is 24.6 Å². The van der Waals surface area contributed by atoms with Crippen LogP contribution in [0.3, 0.4) is 0 Å². The number of aliphatic hydroxyl groups is 1. The van der Waals surface area contributed by atoms with Crippen molar-refractivity contribution >= 4 is 6.09 Å². The minimum atomic E-state index is -0.792. The molecule has 0 saturated carbocycles. The molecule has 6 nitrogen and oxygen atoms in total. The molecule has 110 valence electrons. The maximum absolute atomic E-state index is 11.3. The molecular weight excluding hydrogens is 250 g/mol. The number of rotatable bonds is 8. The zero-order chi connectivity index (χ0) is 14.7. The third-order valence-corrected chi connectivity index (χ3v) is 1.75. The summed E-state index contributed by atoms with van der Waals surface area (Å²) in [5, 5.41) is 12.0. The van der Waals surface area contributed by atoms with Crippen LogP contribution in [-0.2, 0) is 14.2 Å². The van der Waals surface area contributed by atoms with Crippen LogP contribution in [-0.4, -0.2) is 55.9 Å². The second kappa shape index (κ2) is 9.62. The summed E-state index contributed by atoms with van der Waals surface area (Å²) in [6.45, 7) is 6.43. The molecule has 0 heterocycles. The van der Waals surface area contributed by atoms with Crippen molar-refractivity contribution in [3.05, 3.63) is 0 Å². The molecule has 1 atom stereocenters. The number of carbonyl (C=O) groups is 1. The SMILES string of the molecule is C#CCOCCOCC(O)CNC(=O)OC(C)(C)C. The van der Waals surface area contributed by atoms with Gasteiger partial charge >= 0.3 is 6.09 Å². The smallest absolute Gasteiger partial charge is 0.407 e. The summed E-state index contributed by atoms with van der Waals surface area (Å²) in [4.78, 5) is 11.3. The topological polar surface area (TPSA) is 77.0 Å². The Morgan fingerprint density at radius 2 is 2.00 bits per heavy atom. The highest BCUT2D eigenvalue weighted by molar-refractivity contribution is 5.67. The molecule has 0 aromatic rings. The van der Waals surface area contributed by atoms with Gasteiger partial charge in [0.2, 0.25) is 0 Å². The molecule has 0 fully saturated rings. The van der Waals surface area contributed by atoms with E-state index in [9.17, 15) is 9.90 Å². The van der Waals surface area contributed by atoms with E-state index in [-0.39, 0.29) is 19.8 Å². The maximum Gasteiger partial charge on any atom is 0.407 e. The van der Waals surface area contributed by atoms with Gasteiger partial charge in [-0.15, -0.1) is 6.42 Å². The van der Waals surface area contributed by atoms with Gasteiger partial charge in [0, 0.05) is 6.54 Å². The van der Waals surface area contributed by atoms with Crippen LogP contribution in [0.2, 0.25) is 0 Å². The van der Waals surface area contributed by atoms with Gasteiger partial charge in [-0.25, -0.2) is 4.79 Å². The number of terminal acetylenes is 1. The molecular formula is C13H23NO5. The number of hydrogen-bond donors (Lipinski definition) is 2. The van der Waals surface area contributed by atoms with Crippen molar-refractivity contribution in [1.82, 2.24) is 5.32 Å². The van der Waals surface area contributed by atoms with Crippen molar-refractivity contribution in [2.75, 3.05) is 33.0 Å². The van der Waals surface area contributed by atoms with Gasteiger partial charge in [0.15, 0.2) is 0 Å². The molecule has 0 bridgehead atoms. The molecule has 0 spiro atoms. The molecule has 0 saturated heterocycles. The van der Waals surface area contributed by atoms with E-state index in [4.69, 9.17) is 20.6 Å². The normalized spacial score (nSPS) is 12.6. The van der Waals surface area contributed by atoms with Gasteiger partial charge in [-0.3, -0.25) is 0 Å². The summed E-state index contributed by atoms with van der Waals surface area (Å²) in [6.07, 6.45) is 3.64. The maximum atomic E-state index is 11.3. The summed E-state index contributed by atoms with van der Waals surface area (Å²) in [5.74, 6) is 2.33. The third kappa shape index (κ3) is 12.9. The summed E-state index contributed by atoms with van der Waals surface area (Å²) >= 11 is 0. The van der Waals surface area contributed by atoms with Gasteiger partial charge in [-0.1, -0.05) is 5.92 Å². The molecule has 0 aliphatic rings. The van der Waals surface area contributed by atoms with Gasteiger partial charge in [0.05, 0.1) is 25.9 Å². The third-order valence-electron chi connectivity index (χ3n) is 1.75. The zero-order valence-electron chi connectivity index (χ0n) is 11.8. The molecule has 0 aromatic heterocycles. The zero-order valence-corrected chi connectivity index (χ0v) is 11.8. The van der Waals surface area contributed by atoms with Crippen molar-refractivity contribution < 1.29 is 24.1 Å². The first-order valence-corrected chi connectivity index (χ1v) is 6.09. The van der Waals surface area contributed by atoms with E-state index in [1.807, 2.05) is 0 Å². The first-order valence-electron chi connectivity index (χ1n) is 6.09. The van der Waals surface area contributed by atoms with Crippen LogP contribution < -0.4 is 5.32 Å². The fourth-order valence-electron chi connectivity index (χ4n) is 1.04. The van der Waals surface area contributed by atoms with Gasteiger partial charge in [0.1, 0.15) is 12.2 Å². The highest BCUT2D eigenvalue weighted by Crippen LogP contribution is 2.06. The molecule has 2 N–H and O–H groups in total. The fourth-order valence-corrected chi connectivity index (χ4v) is 1.04. The van der Waals surface area contributed by atoms with Crippen LogP contribution in [0.4, 0.5) is 4.79 Å². The Morgan fingerprint density at radius 1 is 1.37 bits per heavy atom. The van der Waals surface area contributed by atoms with Crippen LogP contribution in [0.25, 0.3) is 0 Å². The van der Waals surface area contributed by atoms with Crippen molar-refractivity contribution in [2.45, 2.75) is 32.5 Å². The molecule has 0 rings (SSSR count). The molecule has 0 radical (unpaired) electrons. The second-order valence-corrected chi connectivity index (χ2v) is 4.87. The molecule has 1 unspecified atom stereocenters. The van der Waals surface area contributed by atoms with E-state index >= 15 is 0 Å². The van der Waals surface area contributed by atoms with Crippen LogP contribution in [0.5, 0.6) is 0 Å². The van der Waals surface area contributed by atoms with Gasteiger partial charge in [0.25, 0.3) is 0 Å². The Morgan fingerprint density at radius 3 is 2.58 bits per heavy atom. The lowest BCUT2D eigenvalue weighted by atomic mass is 10.2. The van der Waals surface area contributed by atoms with E-state index < -0.39 is 17.8 Å². The monoisotopic (exact) mass is 273 g/mol. The van der Waals surface area contributed by atoms with Gasteiger partial charge in [-0.05, 0) is 20.8 Å². The summed E-state index contributed by atoms with van der Waals surface area (Å²) < 4.78 is 15.1. The number of nitrogens with one attached hydrogen (secondary N) is 1. The highest BCUT2D eigenvalue weighted by Gasteiger charge is 2.16. The molecule has 6 heteroatoms. The molecule has 0 aromatic carbocycles. The van der Waals surface area contributed by atoms with E-state index in [1.165, 1.54) is 0 Å². The molecule has 1 amide bonds. The lowest BCUT2D eigenvalue weighted by Crippen LogP contribution is -2.38. The molecule has 0 aliphatic carbocycles. The Hall–Kier alpha value is -1.29. The molecule has 19 heavy (non-hydrogen) atoms. The summed E-state index contributed by atoms with van der Waals surface area (Å²) in [7, 11) is 0. The number of carbonyl (C=O) groups excluding carboxylic acids is 1. The standard InChI is InChI=1S/C13H23NO5/c1-5-6-17-7-8-18-10-11(15)9-14-12(16)19-13(2,3)4/h1,11,15H,6-10H2,2-4H3,(H,14,16). The van der Waals surface area contributed by atoms with Crippen molar-refractivity contribution in [3.8, 4) is 12.3 Å². The number of ether oxygens (including phenoxy) is 3. The Kier molecular flexibility index (Phi) is 8.96. The second-order valence-electron chi connectivity index (χ2n) is 4.87. The van der Waals surface area contributed by atoms with Crippen LogP contribution in [0.15, 0.2) is 0 Å². The lowest BCUT2D eigenvalue weighted by molar-refractivity contribution is 0.00669. The quantitative estimate of drug-likeness (QED) is 0.498. The summed E-state index contributed by atoms with van der Waals surface area (Å²) in [6, 6.07) is 0. The fraction of sp³-hybridized carbons (Fsp3) is 0.769. The Balaban J connectivity index is 3.52. The lowest BCUT2D eigenvalue weighted by Gasteiger charge is -2.20. The minimum absolute atomic E-state index is 0.0696. The number of hydrogen-bond acceptors (Lipinski definition) is 5. The molecule has 0 aliphatic heterocycles. The van der Waals surface area contributed by atoms with E-state index in [1.54, 1.807) is 20.8 Å². The highest BCUT2D eigenvalue weighted by atomic mass is 16.6. The average Bonchev–Trinajstić information content (AvgIpc) is 2.29. The van der Waals surface area contributed by atoms with Crippen molar-refractivity contribution in [1.29, 1.82) is 0 Å². The predicted molar refractivity (Wildman–Crippen MR) is 70.7 cm³/mol. The Labute approximate surface area is 114 Å². The van der Waals surface area contributed by atoms with Gasteiger partial charge in [-0.2, -0.15) is 0 Å². The number of amides is 1. The van der Waals surface area contributed by atoms with Crippen LogP contribution >= 0.6 is 0 Å². The van der Waals surface area contributed by atoms with E-state index in [0.717, 1.165) is 0 Å². The van der Waals surface area contributed by atoms with E-state index in [0.29, 0.717) is 13.2 Å². The predicted octanol–water partition coefficient (Wildman–Crippen LogP) is 0.538. The van der Waals surface area contributed by atoms with Crippen LogP contribution in [0.1, 0.15) is 20.8 Å². The van der Waals surface area contributed by atoms with E-state index in [2.05, 4.69) is 11.2 Å². The Bertz CT molecular complexity index is 292. The number of aliphatic hydroxyl groups excluding tert-OH is 1. The first kappa shape index (κ1) is 17.7. The first-order chi connectivity index (χ1) is 8.85. The van der Waals surface area contributed by atoms with Crippen molar-refractivity contribution in [3.63, 3.8) is 0 Å². The minimum Gasteiger partial charge on any atom is -0.444 e. The van der Waals surface area contributed by atoms with Crippen LogP contribution in [0, 0.1) is 12.3 Å². The average molecular weight is 273 g/mol. The summed E-state index contributed by atoms with van der Waals surface area (Å²) in [5.41, 5.74) is -0.556. The number of alkyl carbamates (subject to hydrolysis) is 1. The van der Waals surface area contributed by atoms with Crippen molar-refractivity contribution in [2.24, 2.45) is 0 Å². The largest absolute Gasteiger partial charge is 0.444 e.